The number of pyridine rings is 1. The molecule has 0 unspecified atom stereocenters. The van der Waals surface area contributed by atoms with Gasteiger partial charge < -0.3 is 15.5 Å². The monoisotopic (exact) mass is 441 g/mol. The van der Waals surface area contributed by atoms with Crippen LogP contribution in [0.25, 0.3) is 11.3 Å². The van der Waals surface area contributed by atoms with Crippen molar-refractivity contribution in [2.45, 2.75) is 44.6 Å². The molecule has 2 aromatic heterocycles. The van der Waals surface area contributed by atoms with E-state index in [1.807, 2.05) is 0 Å². The maximum atomic E-state index is 12.3. The van der Waals surface area contributed by atoms with Gasteiger partial charge in [0, 0.05) is 44.8 Å². The fraction of sp³-hybridized carbons (Fsp3) is 0.400. The van der Waals surface area contributed by atoms with Crippen LogP contribution < -0.4 is 15.5 Å². The molecule has 2 N–H and O–H groups in total. The molecule has 2 heterocycles. The first-order valence-electron chi connectivity index (χ1n) is 11.1. The summed E-state index contributed by atoms with van der Waals surface area (Å²) in [6, 6.07) is 14.5. The van der Waals surface area contributed by atoms with E-state index < -0.39 is 6.43 Å². The van der Waals surface area contributed by atoms with Crippen LogP contribution in [0, 0.1) is 0 Å². The van der Waals surface area contributed by atoms with Crippen molar-refractivity contribution in [3.05, 3.63) is 66.5 Å². The first-order valence-corrected chi connectivity index (χ1v) is 11.1. The Labute approximate surface area is 189 Å². The number of halogens is 2. The van der Waals surface area contributed by atoms with E-state index in [4.69, 9.17) is 0 Å². The van der Waals surface area contributed by atoms with Crippen LogP contribution in [0.1, 0.15) is 49.8 Å². The van der Waals surface area contributed by atoms with Crippen molar-refractivity contribution in [2.24, 2.45) is 0 Å². The minimum Gasteiger partial charge on any atom is -0.382 e. The molecule has 4 rings (SSSR count). The molecule has 32 heavy (non-hydrogen) atoms. The van der Waals surface area contributed by atoms with Gasteiger partial charge in [-0.05, 0) is 42.7 Å². The number of hydrogen-bond acceptors (Lipinski definition) is 4. The fourth-order valence-electron chi connectivity index (χ4n) is 3.88. The third-order valence-corrected chi connectivity index (χ3v) is 5.71. The zero-order chi connectivity index (χ0) is 23.1. The zero-order valence-electron chi connectivity index (χ0n) is 19.1. The molecule has 5 nitrogen and oxygen atoms in total. The number of anilines is 2. The Hall–Kier alpha value is -3.09. The van der Waals surface area contributed by atoms with Crippen LogP contribution in [0.4, 0.5) is 20.3 Å². The molecule has 1 aliphatic rings. The molecule has 1 aliphatic carbocycles. The Bertz CT molecular complexity index is 1000. The largest absolute Gasteiger partial charge is 0.382 e. The van der Waals surface area contributed by atoms with Crippen molar-refractivity contribution in [2.75, 3.05) is 31.4 Å². The number of alkyl halides is 2. The van der Waals surface area contributed by atoms with Gasteiger partial charge in [-0.3, -0.25) is 4.40 Å². The molecule has 1 aromatic carbocycles. The smallest absolute Gasteiger partial charge is 0.281 e. The molecule has 0 aliphatic heterocycles. The summed E-state index contributed by atoms with van der Waals surface area (Å²) in [5, 5.41) is 6.48. The Morgan fingerprint density at radius 3 is 2.38 bits per heavy atom. The van der Waals surface area contributed by atoms with Gasteiger partial charge >= 0.3 is 0 Å². The van der Waals surface area contributed by atoms with Gasteiger partial charge in [-0.1, -0.05) is 44.0 Å². The summed E-state index contributed by atoms with van der Waals surface area (Å²) in [5.41, 5.74) is 3.81. The summed E-state index contributed by atoms with van der Waals surface area (Å²) in [4.78, 5) is 5.91. The standard InChI is InChI=1S/C16H24N2.C9H9F2N3/c1-13(17-15-7-5-4-6-8-15)14-9-11-16(12-10-14)18(2)3;1-12-7-3-2-4-8-13-6(9(10)11)5-14(7)8/h9-12,15,17H,1,4-8H2,2-3H3;2-5,9,12H,1H3. The maximum Gasteiger partial charge on any atom is 0.281 e. The minimum atomic E-state index is -2.53. The van der Waals surface area contributed by atoms with Crippen molar-refractivity contribution in [1.82, 2.24) is 14.7 Å². The predicted molar refractivity (Wildman–Crippen MR) is 130 cm³/mol. The van der Waals surface area contributed by atoms with Crippen molar-refractivity contribution < 1.29 is 8.78 Å². The molecule has 0 amide bonds. The third kappa shape index (κ3) is 5.99. The maximum absolute atomic E-state index is 12.3. The average Bonchev–Trinajstić information content (AvgIpc) is 3.25. The van der Waals surface area contributed by atoms with Crippen molar-refractivity contribution in [1.29, 1.82) is 0 Å². The van der Waals surface area contributed by atoms with Crippen LogP contribution in [-0.4, -0.2) is 36.6 Å². The Morgan fingerprint density at radius 1 is 1.09 bits per heavy atom. The number of aromatic nitrogens is 2. The molecule has 0 bridgehead atoms. The average molecular weight is 442 g/mol. The van der Waals surface area contributed by atoms with Gasteiger partial charge in [0.15, 0.2) is 0 Å². The molecular formula is C25H33F2N5. The molecule has 7 heteroatoms. The van der Waals surface area contributed by atoms with E-state index >= 15 is 0 Å². The summed E-state index contributed by atoms with van der Waals surface area (Å²) in [7, 11) is 5.85. The lowest BCUT2D eigenvalue weighted by Crippen LogP contribution is -2.29. The van der Waals surface area contributed by atoms with Crippen molar-refractivity contribution in [3.63, 3.8) is 0 Å². The van der Waals surface area contributed by atoms with E-state index in [0.29, 0.717) is 11.7 Å². The van der Waals surface area contributed by atoms with E-state index in [1.165, 1.54) is 49.6 Å². The highest BCUT2D eigenvalue weighted by Gasteiger charge is 2.14. The van der Waals surface area contributed by atoms with Crippen LogP contribution in [0.15, 0.2) is 55.2 Å². The second kappa shape index (κ2) is 11.0. The second-order valence-corrected chi connectivity index (χ2v) is 8.25. The molecule has 3 aromatic rings. The predicted octanol–water partition coefficient (Wildman–Crippen LogP) is 5.96. The van der Waals surface area contributed by atoms with Crippen LogP contribution in [0.3, 0.4) is 0 Å². The first kappa shape index (κ1) is 23.6. The third-order valence-electron chi connectivity index (χ3n) is 5.71. The van der Waals surface area contributed by atoms with E-state index in [0.717, 1.165) is 11.5 Å². The summed E-state index contributed by atoms with van der Waals surface area (Å²) < 4.78 is 26.3. The van der Waals surface area contributed by atoms with Crippen molar-refractivity contribution >= 4 is 22.8 Å². The lowest BCUT2D eigenvalue weighted by Gasteiger charge is -2.25. The van der Waals surface area contributed by atoms with E-state index in [-0.39, 0.29) is 5.69 Å². The van der Waals surface area contributed by atoms with E-state index in [2.05, 4.69) is 65.5 Å². The number of benzene rings is 1. The minimum absolute atomic E-state index is 0.201. The Balaban J connectivity index is 0.000000186. The highest BCUT2D eigenvalue weighted by Crippen LogP contribution is 2.22. The number of fused-ring (bicyclic) bond motifs is 1. The second-order valence-electron chi connectivity index (χ2n) is 8.25. The van der Waals surface area contributed by atoms with Gasteiger partial charge in [-0.2, -0.15) is 0 Å². The SMILES string of the molecule is C=C(NC1CCCCC1)c1ccc(N(C)C)cc1.CNc1cccc2nc(C(F)F)cn12. The lowest BCUT2D eigenvalue weighted by molar-refractivity contribution is 0.147. The number of hydrogen-bond donors (Lipinski definition) is 2. The van der Waals surface area contributed by atoms with Gasteiger partial charge in [-0.25, -0.2) is 13.8 Å². The Morgan fingerprint density at radius 2 is 1.78 bits per heavy atom. The van der Waals surface area contributed by atoms with E-state index in [1.54, 1.807) is 29.6 Å². The van der Waals surface area contributed by atoms with Gasteiger partial charge in [0.25, 0.3) is 6.43 Å². The van der Waals surface area contributed by atoms with E-state index in [9.17, 15) is 8.78 Å². The molecule has 0 radical (unpaired) electrons. The number of imidazole rings is 1. The van der Waals surface area contributed by atoms with Gasteiger partial charge in [0.1, 0.15) is 17.2 Å². The van der Waals surface area contributed by atoms with Crippen LogP contribution in [-0.2, 0) is 0 Å². The molecule has 172 valence electrons. The molecular weight excluding hydrogens is 408 g/mol. The van der Waals surface area contributed by atoms with Gasteiger partial charge in [0.2, 0.25) is 0 Å². The number of nitrogens with one attached hydrogen (secondary N) is 2. The highest BCUT2D eigenvalue weighted by molar-refractivity contribution is 5.64. The van der Waals surface area contributed by atoms with Gasteiger partial charge in [-0.15, -0.1) is 0 Å². The first-order chi connectivity index (χ1) is 15.4. The van der Waals surface area contributed by atoms with Crippen LogP contribution in [0.2, 0.25) is 0 Å². The molecule has 0 saturated heterocycles. The van der Waals surface area contributed by atoms with Crippen LogP contribution >= 0.6 is 0 Å². The van der Waals surface area contributed by atoms with Crippen LogP contribution in [0.5, 0.6) is 0 Å². The lowest BCUT2D eigenvalue weighted by atomic mass is 9.95. The molecule has 1 fully saturated rings. The molecule has 0 atom stereocenters. The molecule has 1 saturated carbocycles. The normalized spacial score (nSPS) is 14.1. The summed E-state index contributed by atoms with van der Waals surface area (Å²) >= 11 is 0. The Kier molecular flexibility index (Phi) is 8.09. The molecule has 0 spiro atoms. The zero-order valence-corrected chi connectivity index (χ0v) is 19.1. The number of rotatable bonds is 6. The summed E-state index contributed by atoms with van der Waals surface area (Å²) in [6.07, 6.45) is 5.48. The quantitative estimate of drug-likeness (QED) is 0.495. The topological polar surface area (TPSA) is 44.6 Å². The van der Waals surface area contributed by atoms with Gasteiger partial charge in [0.05, 0.1) is 0 Å². The highest BCUT2D eigenvalue weighted by atomic mass is 19.3. The number of nitrogens with zero attached hydrogens (tertiary/aromatic N) is 3. The summed E-state index contributed by atoms with van der Waals surface area (Å²) in [6.45, 7) is 4.17. The fourth-order valence-corrected chi connectivity index (χ4v) is 3.88. The van der Waals surface area contributed by atoms with Crippen molar-refractivity contribution in [3.8, 4) is 0 Å². The summed E-state index contributed by atoms with van der Waals surface area (Å²) in [5.74, 6) is 0.738.